The van der Waals surface area contributed by atoms with Gasteiger partial charge in [-0.2, -0.15) is 0 Å². The van der Waals surface area contributed by atoms with E-state index in [-0.39, 0.29) is 17.9 Å². The smallest absolute Gasteiger partial charge is 0.242 e. The van der Waals surface area contributed by atoms with Crippen molar-refractivity contribution in [3.63, 3.8) is 0 Å². The molecule has 1 aromatic rings. The number of fused-ring (bicyclic) bond motifs is 1. The van der Waals surface area contributed by atoms with Crippen LogP contribution in [0.1, 0.15) is 45.1 Å². The van der Waals surface area contributed by atoms with Crippen LogP contribution in [0, 0.1) is 5.92 Å². The zero-order valence-corrected chi connectivity index (χ0v) is 15.5. The highest BCUT2D eigenvalue weighted by atomic mass is 32.2. The summed E-state index contributed by atoms with van der Waals surface area (Å²) in [7, 11) is -1.83. The van der Waals surface area contributed by atoms with Crippen molar-refractivity contribution in [3.05, 3.63) is 23.8 Å². The summed E-state index contributed by atoms with van der Waals surface area (Å²) in [4.78, 5) is 14.7. The van der Waals surface area contributed by atoms with Crippen LogP contribution >= 0.6 is 0 Å². The molecule has 2 aliphatic rings. The fourth-order valence-corrected chi connectivity index (χ4v) is 4.57. The highest BCUT2D eigenvalue weighted by Gasteiger charge is 2.39. The van der Waals surface area contributed by atoms with E-state index in [2.05, 4.69) is 0 Å². The molecule has 1 aliphatic carbocycles. The summed E-state index contributed by atoms with van der Waals surface area (Å²) in [6, 6.07) is 5.30. The summed E-state index contributed by atoms with van der Waals surface area (Å²) in [5.41, 5.74) is 1.84. The monoisotopic (exact) mass is 350 g/mol. The van der Waals surface area contributed by atoms with Crippen molar-refractivity contribution in [3.8, 4) is 0 Å². The number of hydrogen-bond donors (Lipinski definition) is 0. The minimum Gasteiger partial charge on any atom is -0.309 e. The highest BCUT2D eigenvalue weighted by Crippen LogP contribution is 2.39. The lowest BCUT2D eigenvalue weighted by atomic mass is 10.1. The molecule has 0 bridgehead atoms. The first-order chi connectivity index (χ1) is 11.4. The Morgan fingerprint density at radius 1 is 1.33 bits per heavy atom. The summed E-state index contributed by atoms with van der Waals surface area (Å²) >= 11 is 0. The molecule has 6 heteroatoms. The number of benzene rings is 1. The summed E-state index contributed by atoms with van der Waals surface area (Å²) in [6.07, 6.45) is 4.48. The number of anilines is 1. The van der Waals surface area contributed by atoms with E-state index in [4.69, 9.17) is 0 Å². The molecule has 24 heavy (non-hydrogen) atoms. The Balaban J connectivity index is 1.87. The molecule has 0 aromatic heterocycles. The maximum Gasteiger partial charge on any atom is 0.242 e. The van der Waals surface area contributed by atoms with Gasteiger partial charge in [0.15, 0.2) is 0 Å². The van der Waals surface area contributed by atoms with Gasteiger partial charge in [-0.05, 0) is 56.4 Å². The molecule has 0 spiro atoms. The van der Waals surface area contributed by atoms with Gasteiger partial charge in [-0.3, -0.25) is 4.79 Å². The molecule has 1 fully saturated rings. The second kappa shape index (κ2) is 6.48. The quantitative estimate of drug-likeness (QED) is 0.793. The largest absolute Gasteiger partial charge is 0.309 e. The van der Waals surface area contributed by atoms with E-state index in [9.17, 15) is 13.2 Å². The molecular formula is C18H26N2O3S. The third kappa shape index (κ3) is 3.09. The maximum absolute atomic E-state index is 12.7. The number of sulfonamides is 1. The minimum absolute atomic E-state index is 0.101. The van der Waals surface area contributed by atoms with Crippen LogP contribution in [0.15, 0.2) is 23.1 Å². The van der Waals surface area contributed by atoms with Crippen molar-refractivity contribution in [2.24, 2.45) is 5.92 Å². The Hall–Kier alpha value is -1.40. The van der Waals surface area contributed by atoms with Gasteiger partial charge in [-0.15, -0.1) is 0 Å². The number of amides is 1. The number of unbranched alkanes of at least 4 members (excludes halogenated alkanes) is 1. The van der Waals surface area contributed by atoms with Crippen molar-refractivity contribution in [2.75, 3.05) is 18.5 Å². The Labute approximate surface area is 144 Å². The number of rotatable bonds is 6. The van der Waals surface area contributed by atoms with Crippen LogP contribution in [0.25, 0.3) is 0 Å². The van der Waals surface area contributed by atoms with Crippen LogP contribution in [-0.4, -0.2) is 38.3 Å². The van der Waals surface area contributed by atoms with Gasteiger partial charge in [0.1, 0.15) is 0 Å². The van der Waals surface area contributed by atoms with Gasteiger partial charge in [-0.1, -0.05) is 13.3 Å². The number of nitrogens with zero attached hydrogens (tertiary/aromatic N) is 2. The predicted octanol–water partition coefficient (Wildman–Crippen LogP) is 2.79. The average molecular weight is 350 g/mol. The van der Waals surface area contributed by atoms with Crippen LogP contribution in [0.5, 0.6) is 0 Å². The molecule has 1 aromatic carbocycles. The number of carbonyl (C=O) groups excluding carboxylic acids is 1. The molecular weight excluding hydrogens is 324 g/mol. The predicted molar refractivity (Wildman–Crippen MR) is 94.5 cm³/mol. The first-order valence-corrected chi connectivity index (χ1v) is 10.2. The second-order valence-electron chi connectivity index (χ2n) is 7.01. The van der Waals surface area contributed by atoms with Gasteiger partial charge in [0.25, 0.3) is 0 Å². The van der Waals surface area contributed by atoms with E-state index in [1.807, 2.05) is 18.7 Å². The summed E-state index contributed by atoms with van der Waals surface area (Å²) in [5, 5.41) is 0. The fraction of sp³-hybridized carbons (Fsp3) is 0.611. The van der Waals surface area contributed by atoms with Gasteiger partial charge in [0, 0.05) is 31.2 Å². The van der Waals surface area contributed by atoms with Gasteiger partial charge in [0.2, 0.25) is 15.9 Å². The molecule has 0 saturated heterocycles. The van der Waals surface area contributed by atoms with E-state index >= 15 is 0 Å². The number of hydrogen-bond acceptors (Lipinski definition) is 3. The van der Waals surface area contributed by atoms with Gasteiger partial charge >= 0.3 is 0 Å². The molecule has 3 rings (SSSR count). The SMILES string of the molecule is CCCCN(C)S(=O)(=O)c1ccc2c(c1)C[C@@H](C)N2C(=O)C1CC1. The van der Waals surface area contributed by atoms with Gasteiger partial charge in [-0.25, -0.2) is 12.7 Å². The third-order valence-electron chi connectivity index (χ3n) is 4.97. The minimum atomic E-state index is -3.46. The zero-order valence-electron chi connectivity index (χ0n) is 14.7. The normalized spacial score (nSPS) is 20.5. The summed E-state index contributed by atoms with van der Waals surface area (Å²) in [5.74, 6) is 0.360. The Kier molecular flexibility index (Phi) is 4.71. The van der Waals surface area contributed by atoms with Crippen LogP contribution < -0.4 is 4.90 Å². The average Bonchev–Trinajstić information content (AvgIpc) is 3.33. The molecule has 0 radical (unpaired) electrons. The lowest BCUT2D eigenvalue weighted by Crippen LogP contribution is -2.36. The zero-order chi connectivity index (χ0) is 17.5. The summed E-state index contributed by atoms with van der Waals surface area (Å²) < 4.78 is 26.8. The van der Waals surface area contributed by atoms with E-state index < -0.39 is 10.0 Å². The van der Waals surface area contributed by atoms with E-state index in [1.165, 1.54) is 4.31 Å². The maximum atomic E-state index is 12.7. The van der Waals surface area contributed by atoms with Gasteiger partial charge < -0.3 is 4.90 Å². The first-order valence-electron chi connectivity index (χ1n) is 8.78. The van der Waals surface area contributed by atoms with Crippen molar-refractivity contribution >= 4 is 21.6 Å². The van der Waals surface area contributed by atoms with Gasteiger partial charge in [0.05, 0.1) is 4.90 Å². The van der Waals surface area contributed by atoms with Crippen molar-refractivity contribution in [1.82, 2.24) is 4.31 Å². The molecule has 1 atom stereocenters. The molecule has 1 amide bonds. The molecule has 1 heterocycles. The van der Waals surface area contributed by atoms with Crippen LogP contribution in [0.2, 0.25) is 0 Å². The van der Waals surface area contributed by atoms with E-state index in [1.54, 1.807) is 25.2 Å². The lowest BCUT2D eigenvalue weighted by molar-refractivity contribution is -0.120. The van der Waals surface area contributed by atoms with Crippen molar-refractivity contribution in [2.45, 2.75) is 56.9 Å². The Bertz CT molecular complexity index is 741. The standard InChI is InChI=1S/C18H26N2O3S/c1-4-5-10-19(3)24(22,23)16-8-9-17-15(12-16)11-13(2)20(17)18(21)14-6-7-14/h8-9,12-14H,4-7,10-11H2,1-3H3/t13-/m1/s1. The van der Waals surface area contributed by atoms with Crippen LogP contribution in [0.4, 0.5) is 5.69 Å². The second-order valence-corrected chi connectivity index (χ2v) is 9.05. The molecule has 1 aliphatic heterocycles. The first kappa shape index (κ1) is 17.4. The van der Waals surface area contributed by atoms with E-state index in [0.29, 0.717) is 11.4 Å². The number of carbonyl (C=O) groups is 1. The molecule has 132 valence electrons. The summed E-state index contributed by atoms with van der Waals surface area (Å²) in [6.45, 7) is 4.60. The van der Waals surface area contributed by atoms with Crippen LogP contribution in [-0.2, 0) is 21.2 Å². The topological polar surface area (TPSA) is 57.7 Å². The van der Waals surface area contributed by atoms with Crippen LogP contribution in [0.3, 0.4) is 0 Å². The van der Waals surface area contributed by atoms with Crippen molar-refractivity contribution < 1.29 is 13.2 Å². The Morgan fingerprint density at radius 2 is 2.04 bits per heavy atom. The molecule has 0 N–H and O–H groups in total. The Morgan fingerprint density at radius 3 is 2.67 bits per heavy atom. The fourth-order valence-electron chi connectivity index (χ4n) is 3.31. The third-order valence-corrected chi connectivity index (χ3v) is 6.82. The molecule has 0 unspecified atom stereocenters. The highest BCUT2D eigenvalue weighted by molar-refractivity contribution is 7.89. The molecule has 1 saturated carbocycles. The molecule has 5 nitrogen and oxygen atoms in total. The lowest BCUT2D eigenvalue weighted by Gasteiger charge is -2.23. The van der Waals surface area contributed by atoms with E-state index in [0.717, 1.165) is 43.4 Å². The van der Waals surface area contributed by atoms with Crippen molar-refractivity contribution in [1.29, 1.82) is 0 Å².